The highest BCUT2D eigenvalue weighted by atomic mass is 79.9. The summed E-state index contributed by atoms with van der Waals surface area (Å²) in [7, 11) is 0. The molecule has 104 valence electrons. The van der Waals surface area contributed by atoms with E-state index in [-0.39, 0.29) is 30.8 Å². The fourth-order valence-corrected chi connectivity index (χ4v) is 2.04. The lowest BCUT2D eigenvalue weighted by Gasteiger charge is -2.09. The molecule has 0 bridgehead atoms. The van der Waals surface area contributed by atoms with Crippen LogP contribution in [0.1, 0.15) is 30.6 Å². The molecule has 0 saturated carbocycles. The third kappa shape index (κ3) is 5.20. The molecule has 0 aliphatic rings. The summed E-state index contributed by atoms with van der Waals surface area (Å²) in [4.78, 5) is 23.3. The van der Waals surface area contributed by atoms with Gasteiger partial charge in [0.15, 0.2) is 0 Å². The number of benzene rings is 1. The maximum atomic E-state index is 11.9. The first-order chi connectivity index (χ1) is 8.91. The lowest BCUT2D eigenvalue weighted by atomic mass is 10.2. The number of nitrogens with one attached hydrogen (secondary N) is 2. The molecule has 0 saturated heterocycles. The van der Waals surface area contributed by atoms with E-state index in [4.69, 9.17) is 11.6 Å². The molecule has 0 radical (unpaired) electrons. The van der Waals surface area contributed by atoms with Gasteiger partial charge in [0, 0.05) is 23.5 Å². The largest absolute Gasteiger partial charge is 0.354 e. The van der Waals surface area contributed by atoms with Gasteiger partial charge in [-0.25, -0.2) is 0 Å². The van der Waals surface area contributed by atoms with E-state index in [1.807, 2.05) is 13.8 Å². The van der Waals surface area contributed by atoms with Gasteiger partial charge in [0.2, 0.25) is 5.91 Å². The number of carbonyl (C=O) groups is 2. The number of hydrogen-bond acceptors (Lipinski definition) is 2. The fraction of sp³-hybridized carbons (Fsp3) is 0.385. The highest BCUT2D eigenvalue weighted by molar-refractivity contribution is 9.10. The molecular weight excluding hydrogens is 332 g/mol. The Balaban J connectivity index is 2.48. The minimum absolute atomic E-state index is 0.0874. The third-order valence-electron chi connectivity index (χ3n) is 2.28. The van der Waals surface area contributed by atoms with Crippen molar-refractivity contribution in [2.75, 3.05) is 6.54 Å². The molecule has 0 fully saturated rings. The van der Waals surface area contributed by atoms with Gasteiger partial charge in [0.1, 0.15) is 0 Å². The van der Waals surface area contributed by atoms with Crippen molar-refractivity contribution in [2.24, 2.45) is 0 Å². The molecule has 0 aliphatic carbocycles. The molecule has 2 amide bonds. The Morgan fingerprint density at radius 3 is 2.68 bits per heavy atom. The van der Waals surface area contributed by atoms with E-state index in [9.17, 15) is 9.59 Å². The van der Waals surface area contributed by atoms with E-state index in [2.05, 4.69) is 26.6 Å². The molecule has 0 unspecified atom stereocenters. The molecule has 0 aliphatic heterocycles. The molecule has 4 nitrogen and oxygen atoms in total. The molecule has 1 aromatic carbocycles. The van der Waals surface area contributed by atoms with Crippen molar-refractivity contribution in [3.63, 3.8) is 0 Å². The molecular formula is C13H16BrClN2O2. The summed E-state index contributed by atoms with van der Waals surface area (Å²) in [6.07, 6.45) is 0.246. The van der Waals surface area contributed by atoms with Gasteiger partial charge in [0.25, 0.3) is 5.91 Å². The first-order valence-electron chi connectivity index (χ1n) is 5.93. The second kappa shape index (κ2) is 7.50. The first kappa shape index (κ1) is 16.0. The van der Waals surface area contributed by atoms with Gasteiger partial charge in [-0.3, -0.25) is 9.59 Å². The molecule has 0 spiro atoms. The Morgan fingerprint density at radius 1 is 1.37 bits per heavy atom. The average molecular weight is 348 g/mol. The van der Waals surface area contributed by atoms with Crippen LogP contribution < -0.4 is 10.6 Å². The van der Waals surface area contributed by atoms with E-state index >= 15 is 0 Å². The van der Waals surface area contributed by atoms with Crippen LogP contribution in [0.5, 0.6) is 0 Å². The first-order valence-corrected chi connectivity index (χ1v) is 7.10. The normalized spacial score (nSPS) is 10.4. The Kier molecular flexibility index (Phi) is 6.31. The van der Waals surface area contributed by atoms with Crippen molar-refractivity contribution < 1.29 is 9.59 Å². The minimum Gasteiger partial charge on any atom is -0.354 e. The van der Waals surface area contributed by atoms with Crippen molar-refractivity contribution in [3.8, 4) is 0 Å². The predicted octanol–water partition coefficient (Wildman–Crippen LogP) is 2.75. The SMILES string of the molecule is CC(C)NC(=O)CCNC(=O)c1cccc(Br)c1Cl. The van der Waals surface area contributed by atoms with E-state index in [1.54, 1.807) is 18.2 Å². The van der Waals surface area contributed by atoms with Crippen molar-refractivity contribution >= 4 is 39.3 Å². The highest BCUT2D eigenvalue weighted by Gasteiger charge is 2.12. The van der Waals surface area contributed by atoms with Crippen LogP contribution in [0, 0.1) is 0 Å². The van der Waals surface area contributed by atoms with Gasteiger partial charge in [-0.2, -0.15) is 0 Å². The monoisotopic (exact) mass is 346 g/mol. The van der Waals surface area contributed by atoms with Crippen LogP contribution in [0.3, 0.4) is 0 Å². The Labute approximate surface area is 126 Å². The zero-order chi connectivity index (χ0) is 14.4. The van der Waals surface area contributed by atoms with E-state index in [0.717, 1.165) is 0 Å². The quantitative estimate of drug-likeness (QED) is 0.860. The van der Waals surface area contributed by atoms with E-state index in [0.29, 0.717) is 15.1 Å². The van der Waals surface area contributed by atoms with Gasteiger partial charge in [-0.1, -0.05) is 17.7 Å². The summed E-state index contributed by atoms with van der Waals surface area (Å²) in [5, 5.41) is 5.79. The number of rotatable bonds is 5. The Hall–Kier alpha value is -1.07. The summed E-state index contributed by atoms with van der Waals surface area (Å²) in [5.74, 6) is -0.376. The zero-order valence-electron chi connectivity index (χ0n) is 10.8. The van der Waals surface area contributed by atoms with Gasteiger partial charge in [-0.15, -0.1) is 0 Å². The molecule has 2 N–H and O–H groups in total. The van der Waals surface area contributed by atoms with Crippen LogP contribution in [0.15, 0.2) is 22.7 Å². The highest BCUT2D eigenvalue weighted by Crippen LogP contribution is 2.25. The smallest absolute Gasteiger partial charge is 0.252 e. The second-order valence-corrected chi connectivity index (χ2v) is 5.56. The van der Waals surface area contributed by atoms with Gasteiger partial charge < -0.3 is 10.6 Å². The van der Waals surface area contributed by atoms with Crippen LogP contribution in [-0.4, -0.2) is 24.4 Å². The summed E-state index contributed by atoms with van der Waals surface area (Å²) in [6, 6.07) is 5.23. The van der Waals surface area contributed by atoms with Crippen molar-refractivity contribution in [2.45, 2.75) is 26.3 Å². The van der Waals surface area contributed by atoms with Crippen LogP contribution in [0.4, 0.5) is 0 Å². The van der Waals surface area contributed by atoms with Crippen molar-refractivity contribution in [3.05, 3.63) is 33.3 Å². The van der Waals surface area contributed by atoms with Crippen molar-refractivity contribution in [1.29, 1.82) is 0 Å². The number of halogens is 2. The number of hydrogen-bond donors (Lipinski definition) is 2. The maximum absolute atomic E-state index is 11.9. The summed E-state index contributed by atoms with van der Waals surface area (Å²) >= 11 is 9.27. The van der Waals surface area contributed by atoms with Crippen LogP contribution in [0.2, 0.25) is 5.02 Å². The lowest BCUT2D eigenvalue weighted by Crippen LogP contribution is -2.34. The predicted molar refractivity (Wildman–Crippen MR) is 79.4 cm³/mol. The molecule has 0 aromatic heterocycles. The Morgan fingerprint density at radius 2 is 2.05 bits per heavy atom. The molecule has 6 heteroatoms. The third-order valence-corrected chi connectivity index (χ3v) is 3.58. The summed E-state index contributed by atoms with van der Waals surface area (Å²) in [6.45, 7) is 4.05. The zero-order valence-corrected chi connectivity index (χ0v) is 13.1. The molecule has 0 heterocycles. The number of amides is 2. The molecule has 1 rings (SSSR count). The van der Waals surface area contributed by atoms with Crippen LogP contribution >= 0.6 is 27.5 Å². The molecule has 19 heavy (non-hydrogen) atoms. The molecule has 0 atom stereocenters. The Bertz CT molecular complexity index is 478. The topological polar surface area (TPSA) is 58.2 Å². The van der Waals surface area contributed by atoms with Crippen LogP contribution in [-0.2, 0) is 4.79 Å². The lowest BCUT2D eigenvalue weighted by molar-refractivity contribution is -0.121. The van der Waals surface area contributed by atoms with Gasteiger partial charge >= 0.3 is 0 Å². The minimum atomic E-state index is -0.288. The fourth-order valence-electron chi connectivity index (χ4n) is 1.46. The van der Waals surface area contributed by atoms with E-state index < -0.39 is 0 Å². The summed E-state index contributed by atoms with van der Waals surface area (Å²) in [5.41, 5.74) is 0.389. The van der Waals surface area contributed by atoms with Gasteiger partial charge in [-0.05, 0) is 41.9 Å². The standard InChI is InChI=1S/C13H16BrClN2O2/c1-8(2)17-11(18)6-7-16-13(19)9-4-3-5-10(14)12(9)15/h3-5,8H,6-7H2,1-2H3,(H,16,19)(H,17,18). The van der Waals surface area contributed by atoms with Crippen molar-refractivity contribution in [1.82, 2.24) is 10.6 Å². The number of carbonyl (C=O) groups excluding carboxylic acids is 2. The van der Waals surface area contributed by atoms with E-state index in [1.165, 1.54) is 0 Å². The van der Waals surface area contributed by atoms with Gasteiger partial charge in [0.05, 0.1) is 10.6 Å². The summed E-state index contributed by atoms with van der Waals surface area (Å²) < 4.78 is 0.666. The second-order valence-electron chi connectivity index (χ2n) is 4.33. The molecule has 1 aromatic rings. The van der Waals surface area contributed by atoms with Crippen LogP contribution in [0.25, 0.3) is 0 Å². The average Bonchev–Trinajstić information content (AvgIpc) is 2.31. The maximum Gasteiger partial charge on any atom is 0.252 e.